The lowest BCUT2D eigenvalue weighted by molar-refractivity contribution is 0.0693. The molecule has 0 bridgehead atoms. The molecule has 0 amide bonds. The van der Waals surface area contributed by atoms with Crippen molar-refractivity contribution in [3.05, 3.63) is 35.9 Å². The van der Waals surface area contributed by atoms with E-state index < -0.39 is 5.97 Å². The van der Waals surface area contributed by atoms with E-state index in [-0.39, 0.29) is 5.69 Å². The summed E-state index contributed by atoms with van der Waals surface area (Å²) in [4.78, 5) is 17.9. The Hall–Kier alpha value is -1.88. The van der Waals surface area contributed by atoms with E-state index in [1.807, 2.05) is 22.7 Å². The van der Waals surface area contributed by atoms with Crippen molar-refractivity contribution in [2.75, 3.05) is 13.1 Å². The molecule has 5 heteroatoms. The van der Waals surface area contributed by atoms with Gasteiger partial charge in [0.2, 0.25) is 0 Å². The molecule has 2 aromatic rings. The van der Waals surface area contributed by atoms with E-state index in [9.17, 15) is 9.90 Å². The number of pyridine rings is 1. The molecule has 1 saturated heterocycles. The summed E-state index contributed by atoms with van der Waals surface area (Å²) in [6.07, 6.45) is 5.61. The summed E-state index contributed by atoms with van der Waals surface area (Å²) < 4.78 is 1.89. The molecule has 0 spiro atoms. The van der Waals surface area contributed by atoms with Gasteiger partial charge in [-0.3, -0.25) is 4.90 Å². The second-order valence-electron chi connectivity index (χ2n) is 4.97. The molecular weight excluding hydrogens is 242 g/mol. The predicted molar refractivity (Wildman–Crippen MR) is 71.3 cm³/mol. The van der Waals surface area contributed by atoms with Crippen LogP contribution in [-0.4, -0.2) is 38.4 Å². The van der Waals surface area contributed by atoms with Crippen molar-refractivity contribution in [1.82, 2.24) is 14.3 Å². The minimum absolute atomic E-state index is 0.146. The minimum Gasteiger partial charge on any atom is -0.476 e. The van der Waals surface area contributed by atoms with Crippen molar-refractivity contribution >= 4 is 11.5 Å². The van der Waals surface area contributed by atoms with Crippen molar-refractivity contribution in [2.24, 2.45) is 0 Å². The van der Waals surface area contributed by atoms with Crippen LogP contribution < -0.4 is 0 Å². The van der Waals surface area contributed by atoms with Crippen molar-refractivity contribution < 1.29 is 9.90 Å². The van der Waals surface area contributed by atoms with Crippen LogP contribution in [0.1, 0.15) is 35.6 Å². The van der Waals surface area contributed by atoms with Gasteiger partial charge in [-0.15, -0.1) is 0 Å². The SMILES string of the molecule is O=C(O)c1nc(CN2CCCCC2)n2ccccc12. The number of hydrogen-bond acceptors (Lipinski definition) is 3. The van der Waals surface area contributed by atoms with Gasteiger partial charge in [0.1, 0.15) is 5.82 Å². The second kappa shape index (κ2) is 5.01. The maximum absolute atomic E-state index is 11.2. The van der Waals surface area contributed by atoms with Crippen molar-refractivity contribution in [3.8, 4) is 0 Å². The average molecular weight is 259 g/mol. The Morgan fingerprint density at radius 3 is 2.79 bits per heavy atom. The van der Waals surface area contributed by atoms with Gasteiger partial charge in [-0.05, 0) is 38.1 Å². The highest BCUT2D eigenvalue weighted by Gasteiger charge is 2.18. The molecule has 0 aliphatic carbocycles. The van der Waals surface area contributed by atoms with Crippen LogP contribution in [0.5, 0.6) is 0 Å². The highest BCUT2D eigenvalue weighted by molar-refractivity contribution is 5.93. The number of hydrogen-bond donors (Lipinski definition) is 1. The normalized spacial score (nSPS) is 16.8. The van der Waals surface area contributed by atoms with Gasteiger partial charge in [0.15, 0.2) is 5.69 Å². The molecular formula is C14H17N3O2. The molecule has 2 aromatic heterocycles. The number of aromatic nitrogens is 2. The summed E-state index contributed by atoms with van der Waals surface area (Å²) in [6.45, 7) is 2.87. The number of carbonyl (C=O) groups is 1. The van der Waals surface area contributed by atoms with Gasteiger partial charge in [0.05, 0.1) is 12.1 Å². The molecule has 1 aliphatic rings. The van der Waals surface area contributed by atoms with E-state index in [0.29, 0.717) is 5.52 Å². The van der Waals surface area contributed by atoms with Crippen LogP contribution in [0.15, 0.2) is 24.4 Å². The zero-order chi connectivity index (χ0) is 13.2. The van der Waals surface area contributed by atoms with Crippen molar-refractivity contribution in [3.63, 3.8) is 0 Å². The maximum atomic E-state index is 11.2. The zero-order valence-corrected chi connectivity index (χ0v) is 10.7. The van der Waals surface area contributed by atoms with Gasteiger partial charge >= 0.3 is 5.97 Å². The van der Waals surface area contributed by atoms with E-state index in [0.717, 1.165) is 25.5 Å². The van der Waals surface area contributed by atoms with Crippen LogP contribution in [0, 0.1) is 0 Å². The van der Waals surface area contributed by atoms with Gasteiger partial charge in [-0.2, -0.15) is 0 Å². The number of likely N-dealkylation sites (tertiary alicyclic amines) is 1. The van der Waals surface area contributed by atoms with E-state index in [4.69, 9.17) is 0 Å². The molecule has 1 fully saturated rings. The monoisotopic (exact) mass is 259 g/mol. The molecule has 3 heterocycles. The van der Waals surface area contributed by atoms with E-state index in [1.165, 1.54) is 19.3 Å². The fraction of sp³-hybridized carbons (Fsp3) is 0.429. The lowest BCUT2D eigenvalue weighted by Crippen LogP contribution is -2.29. The summed E-state index contributed by atoms with van der Waals surface area (Å²) in [6, 6.07) is 5.55. The predicted octanol–water partition coefficient (Wildman–Crippen LogP) is 2.02. The van der Waals surface area contributed by atoms with Gasteiger partial charge in [-0.1, -0.05) is 12.5 Å². The minimum atomic E-state index is -0.964. The number of fused-ring (bicyclic) bond motifs is 1. The number of aromatic carboxylic acids is 1. The Morgan fingerprint density at radius 1 is 1.26 bits per heavy atom. The molecule has 5 nitrogen and oxygen atoms in total. The Morgan fingerprint density at radius 2 is 2.05 bits per heavy atom. The molecule has 0 unspecified atom stereocenters. The van der Waals surface area contributed by atoms with E-state index in [2.05, 4.69) is 9.88 Å². The van der Waals surface area contributed by atoms with E-state index in [1.54, 1.807) is 6.07 Å². The molecule has 19 heavy (non-hydrogen) atoms. The third-order valence-corrected chi connectivity index (χ3v) is 3.64. The Labute approximate surface area is 111 Å². The Bertz CT molecular complexity index is 600. The molecule has 1 aliphatic heterocycles. The quantitative estimate of drug-likeness (QED) is 0.916. The number of rotatable bonds is 3. The zero-order valence-electron chi connectivity index (χ0n) is 10.7. The number of carboxylic acid groups (broad SMARTS) is 1. The largest absolute Gasteiger partial charge is 0.476 e. The lowest BCUT2D eigenvalue weighted by Gasteiger charge is -2.25. The highest BCUT2D eigenvalue weighted by atomic mass is 16.4. The van der Waals surface area contributed by atoms with Crippen LogP contribution in [-0.2, 0) is 6.54 Å². The van der Waals surface area contributed by atoms with Crippen LogP contribution in [0.2, 0.25) is 0 Å². The summed E-state index contributed by atoms with van der Waals surface area (Å²) in [5.41, 5.74) is 0.814. The third-order valence-electron chi connectivity index (χ3n) is 3.64. The molecule has 0 saturated carbocycles. The molecule has 0 radical (unpaired) electrons. The smallest absolute Gasteiger partial charge is 0.356 e. The van der Waals surface area contributed by atoms with Gasteiger partial charge in [0.25, 0.3) is 0 Å². The van der Waals surface area contributed by atoms with Crippen LogP contribution >= 0.6 is 0 Å². The van der Waals surface area contributed by atoms with E-state index >= 15 is 0 Å². The third kappa shape index (κ3) is 2.33. The molecule has 100 valence electrons. The number of nitrogens with zero attached hydrogens (tertiary/aromatic N) is 3. The summed E-state index contributed by atoms with van der Waals surface area (Å²) in [7, 11) is 0. The Balaban J connectivity index is 1.96. The van der Waals surface area contributed by atoms with Crippen LogP contribution in [0.25, 0.3) is 5.52 Å². The molecule has 3 rings (SSSR count). The van der Waals surface area contributed by atoms with Gasteiger partial charge in [-0.25, -0.2) is 9.78 Å². The van der Waals surface area contributed by atoms with Crippen molar-refractivity contribution in [1.29, 1.82) is 0 Å². The first kappa shape index (κ1) is 12.2. The van der Waals surface area contributed by atoms with Gasteiger partial charge in [0, 0.05) is 6.20 Å². The molecule has 0 atom stereocenters. The highest BCUT2D eigenvalue weighted by Crippen LogP contribution is 2.17. The second-order valence-corrected chi connectivity index (χ2v) is 4.97. The average Bonchev–Trinajstić information content (AvgIpc) is 2.79. The molecule has 0 aromatic carbocycles. The summed E-state index contributed by atoms with van der Waals surface area (Å²) in [5, 5.41) is 9.21. The lowest BCUT2D eigenvalue weighted by atomic mass is 10.1. The Kier molecular flexibility index (Phi) is 3.21. The van der Waals surface area contributed by atoms with Crippen molar-refractivity contribution in [2.45, 2.75) is 25.8 Å². The van der Waals surface area contributed by atoms with Gasteiger partial charge < -0.3 is 9.51 Å². The topological polar surface area (TPSA) is 57.8 Å². The maximum Gasteiger partial charge on any atom is 0.356 e. The fourth-order valence-electron chi connectivity index (χ4n) is 2.69. The van der Waals surface area contributed by atoms with Crippen LogP contribution in [0.4, 0.5) is 0 Å². The standard InChI is InChI=1S/C14H17N3O2/c18-14(19)13-11-6-2-5-9-17(11)12(15-13)10-16-7-3-1-4-8-16/h2,5-6,9H,1,3-4,7-8,10H2,(H,18,19). The summed E-state index contributed by atoms with van der Waals surface area (Å²) >= 11 is 0. The number of carboxylic acids is 1. The summed E-state index contributed by atoms with van der Waals surface area (Å²) in [5.74, 6) is -0.150. The molecule has 1 N–H and O–H groups in total. The number of piperidine rings is 1. The first-order valence-corrected chi connectivity index (χ1v) is 6.67. The number of imidazole rings is 1. The fourth-order valence-corrected chi connectivity index (χ4v) is 2.69. The first-order valence-electron chi connectivity index (χ1n) is 6.67. The first-order chi connectivity index (χ1) is 9.25. The van der Waals surface area contributed by atoms with Crippen LogP contribution in [0.3, 0.4) is 0 Å².